The molecule has 1 aromatic carbocycles. The first-order chi connectivity index (χ1) is 11.1. The second-order valence-corrected chi connectivity index (χ2v) is 4.98. The van der Waals surface area contributed by atoms with Gasteiger partial charge in [0, 0.05) is 25.2 Å². The summed E-state index contributed by atoms with van der Waals surface area (Å²) >= 11 is 0. The van der Waals surface area contributed by atoms with Crippen LogP contribution in [0.5, 0.6) is 17.2 Å². The SMILES string of the molecule is COc1cc(C(=O)N2CCCNCC2)cc(OC)c1OC(F)F.Cl. The number of alkyl halides is 2. The minimum Gasteiger partial charge on any atom is -0.493 e. The first-order valence-corrected chi connectivity index (χ1v) is 7.27. The summed E-state index contributed by atoms with van der Waals surface area (Å²) in [7, 11) is 2.63. The van der Waals surface area contributed by atoms with Crippen LogP contribution >= 0.6 is 12.4 Å². The molecule has 1 N–H and O–H groups in total. The number of methoxy groups -OCH3 is 2. The van der Waals surface area contributed by atoms with Gasteiger partial charge in [-0.3, -0.25) is 4.79 Å². The largest absolute Gasteiger partial charge is 0.493 e. The maximum atomic E-state index is 12.6. The molecule has 24 heavy (non-hydrogen) atoms. The van der Waals surface area contributed by atoms with Crippen LogP contribution in [0, 0.1) is 0 Å². The van der Waals surface area contributed by atoms with Crippen molar-refractivity contribution in [2.45, 2.75) is 13.0 Å². The van der Waals surface area contributed by atoms with Gasteiger partial charge in [0.15, 0.2) is 11.5 Å². The average molecular weight is 367 g/mol. The molecule has 0 radical (unpaired) electrons. The minimum absolute atomic E-state index is 0. The Morgan fingerprint density at radius 3 is 2.33 bits per heavy atom. The number of carbonyl (C=O) groups is 1. The fraction of sp³-hybridized carbons (Fsp3) is 0.533. The number of hydrogen-bond acceptors (Lipinski definition) is 5. The Morgan fingerprint density at radius 2 is 1.79 bits per heavy atom. The smallest absolute Gasteiger partial charge is 0.387 e. The number of hydrogen-bond donors (Lipinski definition) is 1. The molecule has 1 fully saturated rings. The van der Waals surface area contributed by atoms with Crippen molar-refractivity contribution in [2.75, 3.05) is 40.4 Å². The lowest BCUT2D eigenvalue weighted by molar-refractivity contribution is -0.0526. The van der Waals surface area contributed by atoms with E-state index in [4.69, 9.17) is 9.47 Å². The molecule has 2 rings (SSSR count). The first kappa shape index (κ1) is 20.2. The molecule has 0 aromatic heterocycles. The fourth-order valence-electron chi connectivity index (χ4n) is 2.44. The molecule has 0 saturated carbocycles. The first-order valence-electron chi connectivity index (χ1n) is 7.27. The van der Waals surface area contributed by atoms with Gasteiger partial charge < -0.3 is 24.4 Å². The molecule has 1 saturated heterocycles. The maximum Gasteiger partial charge on any atom is 0.387 e. The molecule has 136 valence electrons. The number of rotatable bonds is 5. The van der Waals surface area contributed by atoms with Crippen molar-refractivity contribution in [3.8, 4) is 17.2 Å². The number of nitrogens with one attached hydrogen (secondary N) is 1. The van der Waals surface area contributed by atoms with E-state index in [0.29, 0.717) is 25.2 Å². The molecule has 6 nitrogen and oxygen atoms in total. The second kappa shape index (κ2) is 9.48. The van der Waals surface area contributed by atoms with Crippen LogP contribution in [0.15, 0.2) is 12.1 Å². The van der Waals surface area contributed by atoms with Crippen LogP contribution in [-0.4, -0.2) is 57.8 Å². The normalized spacial score (nSPS) is 14.6. The third kappa shape index (κ3) is 4.85. The summed E-state index contributed by atoms with van der Waals surface area (Å²) in [4.78, 5) is 14.3. The van der Waals surface area contributed by atoms with Crippen LogP contribution in [0.3, 0.4) is 0 Å². The zero-order chi connectivity index (χ0) is 16.8. The molecule has 1 aromatic rings. The Kier molecular flexibility index (Phi) is 8.00. The number of amides is 1. The van der Waals surface area contributed by atoms with E-state index in [0.717, 1.165) is 13.0 Å². The van der Waals surface area contributed by atoms with Crippen LogP contribution in [0.25, 0.3) is 0 Å². The molecule has 0 aliphatic carbocycles. The van der Waals surface area contributed by atoms with Gasteiger partial charge >= 0.3 is 6.61 Å². The van der Waals surface area contributed by atoms with E-state index >= 15 is 0 Å². The number of halogens is 3. The maximum absolute atomic E-state index is 12.6. The molecule has 0 bridgehead atoms. The average Bonchev–Trinajstić information content (AvgIpc) is 2.83. The second-order valence-electron chi connectivity index (χ2n) is 4.98. The fourth-order valence-corrected chi connectivity index (χ4v) is 2.44. The Balaban J connectivity index is 0.00000288. The molecular formula is C15H21ClF2N2O4. The molecule has 1 aliphatic heterocycles. The van der Waals surface area contributed by atoms with Gasteiger partial charge in [0.1, 0.15) is 0 Å². The van der Waals surface area contributed by atoms with E-state index in [1.165, 1.54) is 26.4 Å². The van der Waals surface area contributed by atoms with Gasteiger partial charge in [0.05, 0.1) is 14.2 Å². The number of carbonyl (C=O) groups excluding carboxylic acids is 1. The van der Waals surface area contributed by atoms with Crippen LogP contribution < -0.4 is 19.5 Å². The van der Waals surface area contributed by atoms with Crippen molar-refractivity contribution < 1.29 is 27.8 Å². The molecule has 1 aliphatic rings. The van der Waals surface area contributed by atoms with Gasteiger partial charge in [-0.15, -0.1) is 12.4 Å². The highest BCUT2D eigenvalue weighted by Gasteiger charge is 2.23. The van der Waals surface area contributed by atoms with E-state index in [2.05, 4.69) is 10.1 Å². The lowest BCUT2D eigenvalue weighted by Gasteiger charge is -2.21. The number of nitrogens with zero attached hydrogens (tertiary/aromatic N) is 1. The zero-order valence-corrected chi connectivity index (χ0v) is 14.3. The Hall–Kier alpha value is -1.80. The Labute approximate surface area is 145 Å². The van der Waals surface area contributed by atoms with E-state index in [-0.39, 0.29) is 35.6 Å². The predicted molar refractivity (Wildman–Crippen MR) is 86.8 cm³/mol. The molecule has 0 spiro atoms. The van der Waals surface area contributed by atoms with E-state index in [9.17, 15) is 13.6 Å². The van der Waals surface area contributed by atoms with Gasteiger partial charge in [-0.25, -0.2) is 0 Å². The highest BCUT2D eigenvalue weighted by Crippen LogP contribution is 2.39. The van der Waals surface area contributed by atoms with Crippen molar-refractivity contribution in [1.82, 2.24) is 10.2 Å². The quantitative estimate of drug-likeness (QED) is 0.865. The summed E-state index contributed by atoms with van der Waals surface area (Å²) < 4.78 is 39.6. The summed E-state index contributed by atoms with van der Waals surface area (Å²) in [6.07, 6.45) is 0.854. The summed E-state index contributed by atoms with van der Waals surface area (Å²) in [5.74, 6) is -0.366. The monoisotopic (exact) mass is 366 g/mol. The topological polar surface area (TPSA) is 60.0 Å². The third-order valence-electron chi connectivity index (χ3n) is 3.54. The molecule has 1 heterocycles. The van der Waals surface area contributed by atoms with Crippen molar-refractivity contribution in [1.29, 1.82) is 0 Å². The third-order valence-corrected chi connectivity index (χ3v) is 3.54. The van der Waals surface area contributed by atoms with Gasteiger partial charge in [-0.1, -0.05) is 0 Å². The predicted octanol–water partition coefficient (Wildman–Crippen LogP) is 2.16. The van der Waals surface area contributed by atoms with Crippen molar-refractivity contribution in [2.24, 2.45) is 0 Å². The number of benzene rings is 1. The highest BCUT2D eigenvalue weighted by atomic mass is 35.5. The number of ether oxygens (including phenoxy) is 3. The summed E-state index contributed by atoms with van der Waals surface area (Å²) in [6.45, 7) is -0.231. The lowest BCUT2D eigenvalue weighted by atomic mass is 10.1. The van der Waals surface area contributed by atoms with Gasteiger partial charge in [0.25, 0.3) is 5.91 Å². The van der Waals surface area contributed by atoms with Gasteiger partial charge in [0.2, 0.25) is 5.75 Å². The summed E-state index contributed by atoms with van der Waals surface area (Å²) in [5, 5.41) is 3.21. The molecular weight excluding hydrogens is 346 g/mol. The van der Waals surface area contributed by atoms with Gasteiger partial charge in [-0.2, -0.15) is 8.78 Å². The van der Waals surface area contributed by atoms with Crippen molar-refractivity contribution in [3.05, 3.63) is 17.7 Å². The van der Waals surface area contributed by atoms with E-state index < -0.39 is 6.61 Å². The minimum atomic E-state index is -3.02. The standard InChI is InChI=1S/C15H20F2N2O4.ClH/c1-21-11-8-10(9-12(22-2)13(11)23-15(16)17)14(20)19-6-3-4-18-5-7-19;/h8-9,15,18H,3-7H2,1-2H3;1H. The van der Waals surface area contributed by atoms with Gasteiger partial charge in [-0.05, 0) is 25.1 Å². The van der Waals surface area contributed by atoms with Crippen molar-refractivity contribution >= 4 is 18.3 Å². The zero-order valence-electron chi connectivity index (χ0n) is 13.5. The molecule has 0 atom stereocenters. The van der Waals surface area contributed by atoms with Crippen LogP contribution in [-0.2, 0) is 0 Å². The van der Waals surface area contributed by atoms with Crippen LogP contribution in [0.1, 0.15) is 16.8 Å². The molecule has 9 heteroatoms. The van der Waals surface area contributed by atoms with Crippen molar-refractivity contribution in [3.63, 3.8) is 0 Å². The van der Waals surface area contributed by atoms with E-state index in [1.54, 1.807) is 4.90 Å². The molecule has 0 unspecified atom stereocenters. The summed E-state index contributed by atoms with van der Waals surface area (Å²) in [6, 6.07) is 2.78. The Morgan fingerprint density at radius 1 is 1.17 bits per heavy atom. The highest BCUT2D eigenvalue weighted by molar-refractivity contribution is 5.95. The Bertz CT molecular complexity index is 527. The van der Waals surface area contributed by atoms with Crippen LogP contribution in [0.2, 0.25) is 0 Å². The summed E-state index contributed by atoms with van der Waals surface area (Å²) in [5.41, 5.74) is 0.308. The van der Waals surface area contributed by atoms with E-state index in [1.807, 2.05) is 0 Å². The molecule has 1 amide bonds. The van der Waals surface area contributed by atoms with Crippen LogP contribution in [0.4, 0.5) is 8.78 Å². The lowest BCUT2D eigenvalue weighted by Crippen LogP contribution is -2.34.